The van der Waals surface area contributed by atoms with Crippen LogP contribution in [-0.4, -0.2) is 15.0 Å². The molecule has 0 amide bonds. The summed E-state index contributed by atoms with van der Waals surface area (Å²) < 4.78 is 0. The molecule has 0 saturated heterocycles. The van der Waals surface area contributed by atoms with Gasteiger partial charge in [0.2, 0.25) is 0 Å². The van der Waals surface area contributed by atoms with Crippen LogP contribution < -0.4 is 16.5 Å². The summed E-state index contributed by atoms with van der Waals surface area (Å²) >= 11 is 0. The number of hydrogen-bond acceptors (Lipinski definition) is 5. The molecule has 148 valence electrons. The summed E-state index contributed by atoms with van der Waals surface area (Å²) in [7, 11) is 0. The number of aromatic amines is 1. The number of aromatic nitrogens is 3. The van der Waals surface area contributed by atoms with Crippen LogP contribution >= 0.6 is 0 Å². The van der Waals surface area contributed by atoms with Crippen LogP contribution in [0, 0.1) is 6.57 Å². The Morgan fingerprint density at radius 3 is 2.60 bits per heavy atom. The number of H-pyrrole nitrogens is 1. The van der Waals surface area contributed by atoms with Crippen molar-refractivity contribution >= 4 is 28.2 Å². The second-order valence-electron chi connectivity index (χ2n) is 6.83. The Morgan fingerprint density at radius 1 is 1.13 bits per heavy atom. The summed E-state index contributed by atoms with van der Waals surface area (Å²) in [4.78, 5) is 28.5. The fourth-order valence-corrected chi connectivity index (χ4v) is 3.57. The zero-order chi connectivity index (χ0) is 21.1. The summed E-state index contributed by atoms with van der Waals surface area (Å²) in [6.45, 7) is 9.39. The number of nitrogens with one attached hydrogen (secondary N) is 2. The molecule has 7 heteroatoms. The van der Waals surface area contributed by atoms with E-state index in [9.17, 15) is 4.79 Å². The predicted octanol–water partition coefficient (Wildman–Crippen LogP) is 4.68. The standard InChI is InChI=1S/C23H20N6O/c1-3-16(29-23-20(25-2)22(24)26-13-27-23)18-19(14-9-5-4-6-10-14)28-17-12-8-7-11-15(17)21(18)30/h4-13,16H,3H2,1H3,(H,28,30)(H3,24,26,27,29). The molecule has 1 unspecified atom stereocenters. The van der Waals surface area contributed by atoms with Crippen LogP contribution in [0.3, 0.4) is 0 Å². The molecule has 30 heavy (non-hydrogen) atoms. The lowest BCUT2D eigenvalue weighted by molar-refractivity contribution is 0.739. The van der Waals surface area contributed by atoms with E-state index in [4.69, 9.17) is 12.3 Å². The molecule has 2 aromatic carbocycles. The highest BCUT2D eigenvalue weighted by Crippen LogP contribution is 2.34. The first-order chi connectivity index (χ1) is 14.6. The molecular weight excluding hydrogens is 376 g/mol. The molecule has 0 aliphatic heterocycles. The lowest BCUT2D eigenvalue weighted by Gasteiger charge is -2.22. The minimum atomic E-state index is -0.386. The lowest BCUT2D eigenvalue weighted by atomic mass is 9.95. The number of hydrogen-bond donors (Lipinski definition) is 3. The van der Waals surface area contributed by atoms with Gasteiger partial charge in [-0.1, -0.05) is 49.4 Å². The van der Waals surface area contributed by atoms with Crippen molar-refractivity contribution in [3.63, 3.8) is 0 Å². The zero-order valence-corrected chi connectivity index (χ0v) is 16.4. The second kappa shape index (κ2) is 8.05. The number of anilines is 2. The fourth-order valence-electron chi connectivity index (χ4n) is 3.57. The summed E-state index contributed by atoms with van der Waals surface area (Å²) in [5.74, 6) is 0.420. The molecule has 2 aromatic heterocycles. The van der Waals surface area contributed by atoms with Crippen molar-refractivity contribution in [3.8, 4) is 11.3 Å². The van der Waals surface area contributed by atoms with Crippen molar-refractivity contribution in [2.24, 2.45) is 0 Å². The van der Waals surface area contributed by atoms with E-state index in [0.717, 1.165) is 16.8 Å². The van der Waals surface area contributed by atoms with Crippen LogP contribution in [0.15, 0.2) is 65.7 Å². The first-order valence-corrected chi connectivity index (χ1v) is 9.58. The molecule has 0 spiro atoms. The van der Waals surface area contributed by atoms with E-state index < -0.39 is 0 Å². The van der Waals surface area contributed by atoms with E-state index >= 15 is 0 Å². The van der Waals surface area contributed by atoms with E-state index in [0.29, 0.717) is 23.2 Å². The molecule has 4 rings (SSSR count). The van der Waals surface area contributed by atoms with Gasteiger partial charge < -0.3 is 16.0 Å². The molecule has 1 atom stereocenters. The van der Waals surface area contributed by atoms with E-state index in [1.165, 1.54) is 6.33 Å². The minimum Gasteiger partial charge on any atom is -0.392 e. The highest BCUT2D eigenvalue weighted by atomic mass is 16.1. The summed E-state index contributed by atoms with van der Waals surface area (Å²) in [6, 6.07) is 16.8. The number of benzene rings is 2. The Hall–Kier alpha value is -4.18. The number of nitrogens with zero attached hydrogens (tertiary/aromatic N) is 3. The third-order valence-corrected chi connectivity index (χ3v) is 5.04. The molecule has 0 aliphatic rings. The molecule has 2 heterocycles. The fraction of sp³-hybridized carbons (Fsp3) is 0.130. The number of para-hydroxylation sites is 1. The smallest absolute Gasteiger partial charge is 0.268 e. The Balaban J connectivity index is 1.94. The molecule has 4 aromatic rings. The van der Waals surface area contributed by atoms with Gasteiger partial charge in [-0.15, -0.1) is 0 Å². The first-order valence-electron chi connectivity index (χ1n) is 9.58. The molecule has 7 nitrogen and oxygen atoms in total. The molecule has 0 aliphatic carbocycles. The predicted molar refractivity (Wildman–Crippen MR) is 119 cm³/mol. The molecule has 0 saturated carbocycles. The van der Waals surface area contributed by atoms with Gasteiger partial charge in [-0.25, -0.2) is 14.8 Å². The highest BCUT2D eigenvalue weighted by molar-refractivity contribution is 5.84. The van der Waals surface area contributed by atoms with Crippen molar-refractivity contribution in [3.05, 3.63) is 88.1 Å². The van der Waals surface area contributed by atoms with E-state index in [1.54, 1.807) is 0 Å². The molecular formula is C23H20N6O. The third-order valence-electron chi connectivity index (χ3n) is 5.04. The Kier molecular flexibility index (Phi) is 5.14. The van der Waals surface area contributed by atoms with Crippen LogP contribution in [0.4, 0.5) is 17.3 Å². The van der Waals surface area contributed by atoms with Gasteiger partial charge in [0.05, 0.1) is 18.3 Å². The average Bonchev–Trinajstić information content (AvgIpc) is 2.78. The van der Waals surface area contributed by atoms with E-state index in [2.05, 4.69) is 25.1 Å². The maximum absolute atomic E-state index is 13.6. The largest absolute Gasteiger partial charge is 0.392 e. The first kappa shape index (κ1) is 19.2. The molecule has 4 N–H and O–H groups in total. The van der Waals surface area contributed by atoms with Crippen molar-refractivity contribution < 1.29 is 0 Å². The van der Waals surface area contributed by atoms with Gasteiger partial charge in [-0.2, -0.15) is 0 Å². The summed E-state index contributed by atoms with van der Waals surface area (Å²) in [6.07, 6.45) is 1.91. The average molecular weight is 396 g/mol. The number of nitrogen functional groups attached to an aromatic ring is 1. The van der Waals surface area contributed by atoms with Gasteiger partial charge >= 0.3 is 0 Å². The molecule has 0 radical (unpaired) electrons. The van der Waals surface area contributed by atoms with Crippen molar-refractivity contribution in [1.29, 1.82) is 0 Å². The molecule has 0 fully saturated rings. The van der Waals surface area contributed by atoms with Crippen LogP contribution in [0.5, 0.6) is 0 Å². The van der Waals surface area contributed by atoms with Gasteiger partial charge in [0.15, 0.2) is 5.43 Å². The van der Waals surface area contributed by atoms with Gasteiger partial charge in [-0.3, -0.25) is 4.79 Å². The van der Waals surface area contributed by atoms with Crippen LogP contribution in [0.1, 0.15) is 24.9 Å². The number of nitrogens with two attached hydrogens (primary N) is 1. The van der Waals surface area contributed by atoms with Crippen molar-refractivity contribution in [2.45, 2.75) is 19.4 Å². The molecule has 0 bridgehead atoms. The van der Waals surface area contributed by atoms with Crippen molar-refractivity contribution in [1.82, 2.24) is 15.0 Å². The maximum atomic E-state index is 13.6. The van der Waals surface area contributed by atoms with Crippen LogP contribution in [0.2, 0.25) is 0 Å². The number of pyridine rings is 1. The van der Waals surface area contributed by atoms with E-state index in [-0.39, 0.29) is 23.0 Å². The van der Waals surface area contributed by atoms with Crippen LogP contribution in [0.25, 0.3) is 27.0 Å². The lowest BCUT2D eigenvalue weighted by Crippen LogP contribution is -2.22. The summed E-state index contributed by atoms with van der Waals surface area (Å²) in [5.41, 5.74) is 8.94. The Bertz CT molecular complexity index is 1310. The number of rotatable bonds is 5. The monoisotopic (exact) mass is 396 g/mol. The Morgan fingerprint density at radius 2 is 1.87 bits per heavy atom. The van der Waals surface area contributed by atoms with Gasteiger partial charge in [0.25, 0.3) is 5.69 Å². The summed E-state index contributed by atoms with van der Waals surface area (Å²) in [5, 5.41) is 3.87. The topological polar surface area (TPSA) is 101 Å². The minimum absolute atomic E-state index is 0.0612. The normalized spacial score (nSPS) is 11.7. The zero-order valence-electron chi connectivity index (χ0n) is 16.4. The maximum Gasteiger partial charge on any atom is 0.268 e. The van der Waals surface area contributed by atoms with Gasteiger partial charge in [-0.05, 0) is 24.1 Å². The quantitative estimate of drug-likeness (QED) is 0.425. The highest BCUT2D eigenvalue weighted by Gasteiger charge is 2.23. The SMILES string of the molecule is [C-]#[N+]c1c(N)ncnc1NC(CC)c1c(-c2ccccc2)[nH]c2ccccc2c1=O. The third kappa shape index (κ3) is 3.35. The van der Waals surface area contributed by atoms with Crippen LogP contribution in [-0.2, 0) is 0 Å². The van der Waals surface area contributed by atoms with Crippen molar-refractivity contribution in [2.75, 3.05) is 11.1 Å². The van der Waals surface area contributed by atoms with Gasteiger partial charge in [0.1, 0.15) is 18.0 Å². The Labute approximate surface area is 173 Å². The number of fused-ring (bicyclic) bond motifs is 1. The van der Waals surface area contributed by atoms with Gasteiger partial charge in [0, 0.05) is 16.5 Å². The second-order valence-corrected chi connectivity index (χ2v) is 6.83. The van der Waals surface area contributed by atoms with E-state index in [1.807, 2.05) is 61.5 Å².